The van der Waals surface area contributed by atoms with E-state index < -0.39 is 0 Å². The number of aromatic nitrogens is 2. The smallest absolute Gasteiger partial charge is 0.226 e. The van der Waals surface area contributed by atoms with Gasteiger partial charge in [0, 0.05) is 25.9 Å². The molecule has 0 aliphatic rings. The first-order chi connectivity index (χ1) is 8.16. The number of carbonyl (C=O) groups excluding carboxylic acids is 1. The van der Waals surface area contributed by atoms with Crippen molar-refractivity contribution in [2.75, 3.05) is 14.1 Å². The maximum Gasteiger partial charge on any atom is 0.226 e. The fraction of sp³-hybridized carbons (Fsp3) is 0.231. The van der Waals surface area contributed by atoms with Crippen LogP contribution in [0.15, 0.2) is 36.7 Å². The molecular weight excluding hydrogens is 214 g/mol. The third-order valence-corrected chi connectivity index (χ3v) is 2.64. The van der Waals surface area contributed by atoms with E-state index in [-0.39, 0.29) is 5.91 Å². The fourth-order valence-electron chi connectivity index (χ4n) is 1.56. The van der Waals surface area contributed by atoms with Crippen molar-refractivity contribution < 1.29 is 4.79 Å². The first-order valence-corrected chi connectivity index (χ1v) is 5.45. The Hall–Kier alpha value is -2.10. The second-order valence-corrected chi connectivity index (χ2v) is 4.15. The van der Waals surface area contributed by atoms with Crippen LogP contribution in [0.3, 0.4) is 0 Å². The Morgan fingerprint density at radius 3 is 2.47 bits per heavy atom. The van der Waals surface area contributed by atoms with Crippen molar-refractivity contribution in [3.8, 4) is 11.1 Å². The summed E-state index contributed by atoms with van der Waals surface area (Å²) in [5.41, 5.74) is 3.17. The van der Waals surface area contributed by atoms with Crippen LogP contribution in [0.2, 0.25) is 0 Å². The summed E-state index contributed by atoms with van der Waals surface area (Å²) in [6, 6.07) is 7.96. The number of hydrogen-bond donors (Lipinski definition) is 1. The average molecular weight is 229 g/mol. The molecule has 0 atom stereocenters. The van der Waals surface area contributed by atoms with Crippen molar-refractivity contribution >= 4 is 5.91 Å². The molecule has 0 spiro atoms. The van der Waals surface area contributed by atoms with Gasteiger partial charge in [0.05, 0.1) is 12.6 Å². The van der Waals surface area contributed by atoms with E-state index in [1.807, 2.05) is 30.5 Å². The number of hydrogen-bond acceptors (Lipinski definition) is 2. The van der Waals surface area contributed by atoms with Crippen LogP contribution >= 0.6 is 0 Å². The molecule has 0 bridgehead atoms. The van der Waals surface area contributed by atoms with Gasteiger partial charge in [0.1, 0.15) is 0 Å². The summed E-state index contributed by atoms with van der Waals surface area (Å²) in [6.07, 6.45) is 4.07. The Morgan fingerprint density at radius 1 is 1.24 bits per heavy atom. The minimum Gasteiger partial charge on any atom is -0.349 e. The highest BCUT2D eigenvalue weighted by Crippen LogP contribution is 2.18. The molecule has 4 nitrogen and oxygen atoms in total. The zero-order chi connectivity index (χ0) is 12.3. The Morgan fingerprint density at radius 2 is 1.94 bits per heavy atom. The van der Waals surface area contributed by atoms with Crippen LogP contribution in [0.1, 0.15) is 5.56 Å². The maximum absolute atomic E-state index is 11.5. The molecule has 88 valence electrons. The Balaban J connectivity index is 2.11. The minimum atomic E-state index is 0.112. The molecule has 0 saturated heterocycles. The second kappa shape index (κ2) is 4.82. The SMILES string of the molecule is CN(C)C(=O)Cc1ccc(-c2cn[nH]c2)cc1. The molecule has 1 aromatic heterocycles. The Bertz CT molecular complexity index is 486. The van der Waals surface area contributed by atoms with Crippen LogP contribution < -0.4 is 0 Å². The monoisotopic (exact) mass is 229 g/mol. The van der Waals surface area contributed by atoms with Gasteiger partial charge in [-0.25, -0.2) is 0 Å². The van der Waals surface area contributed by atoms with Crippen molar-refractivity contribution in [3.05, 3.63) is 42.2 Å². The van der Waals surface area contributed by atoms with Crippen molar-refractivity contribution in [1.29, 1.82) is 0 Å². The third kappa shape index (κ3) is 2.72. The van der Waals surface area contributed by atoms with Crippen molar-refractivity contribution in [2.45, 2.75) is 6.42 Å². The van der Waals surface area contributed by atoms with Crippen LogP contribution in [-0.4, -0.2) is 35.1 Å². The lowest BCUT2D eigenvalue weighted by Gasteiger charge is -2.10. The number of H-pyrrole nitrogens is 1. The van der Waals surface area contributed by atoms with Gasteiger partial charge in [-0.2, -0.15) is 5.10 Å². The fourth-order valence-corrected chi connectivity index (χ4v) is 1.56. The van der Waals surface area contributed by atoms with Gasteiger partial charge >= 0.3 is 0 Å². The average Bonchev–Trinajstić information content (AvgIpc) is 2.83. The van der Waals surface area contributed by atoms with Crippen LogP contribution in [-0.2, 0) is 11.2 Å². The maximum atomic E-state index is 11.5. The molecule has 0 fully saturated rings. The topological polar surface area (TPSA) is 49.0 Å². The molecule has 1 amide bonds. The number of likely N-dealkylation sites (N-methyl/N-ethyl adjacent to an activating group) is 1. The third-order valence-electron chi connectivity index (χ3n) is 2.64. The molecule has 0 aliphatic carbocycles. The van der Waals surface area contributed by atoms with Gasteiger partial charge in [-0.1, -0.05) is 24.3 Å². The van der Waals surface area contributed by atoms with E-state index in [2.05, 4.69) is 10.2 Å². The zero-order valence-electron chi connectivity index (χ0n) is 9.97. The summed E-state index contributed by atoms with van der Waals surface area (Å²) >= 11 is 0. The molecule has 4 heteroatoms. The first kappa shape index (κ1) is 11.4. The molecule has 2 rings (SSSR count). The Labute approximate surface area is 100 Å². The van der Waals surface area contributed by atoms with Crippen LogP contribution in [0.4, 0.5) is 0 Å². The minimum absolute atomic E-state index is 0.112. The molecule has 0 aliphatic heterocycles. The first-order valence-electron chi connectivity index (χ1n) is 5.45. The van der Waals surface area contributed by atoms with Gasteiger partial charge in [0.15, 0.2) is 0 Å². The number of aromatic amines is 1. The van der Waals surface area contributed by atoms with Crippen LogP contribution in [0, 0.1) is 0 Å². The van der Waals surface area contributed by atoms with E-state index in [1.54, 1.807) is 25.2 Å². The second-order valence-electron chi connectivity index (χ2n) is 4.15. The molecular formula is C13H15N3O. The molecule has 0 saturated carbocycles. The van der Waals surface area contributed by atoms with Gasteiger partial charge in [-0.15, -0.1) is 0 Å². The molecule has 2 aromatic rings. The highest BCUT2D eigenvalue weighted by atomic mass is 16.2. The zero-order valence-corrected chi connectivity index (χ0v) is 9.97. The number of nitrogens with zero attached hydrogens (tertiary/aromatic N) is 2. The lowest BCUT2D eigenvalue weighted by Crippen LogP contribution is -2.23. The van der Waals surface area contributed by atoms with Gasteiger partial charge in [0.25, 0.3) is 0 Å². The van der Waals surface area contributed by atoms with E-state index in [0.717, 1.165) is 16.7 Å². The number of rotatable bonds is 3. The predicted octanol–water partition coefficient (Wildman–Crippen LogP) is 1.71. The highest BCUT2D eigenvalue weighted by Gasteiger charge is 2.05. The largest absolute Gasteiger partial charge is 0.349 e. The van der Waals surface area contributed by atoms with E-state index in [0.29, 0.717) is 6.42 Å². The quantitative estimate of drug-likeness (QED) is 0.871. The van der Waals surface area contributed by atoms with E-state index in [4.69, 9.17) is 0 Å². The van der Waals surface area contributed by atoms with Gasteiger partial charge in [-0.3, -0.25) is 9.89 Å². The van der Waals surface area contributed by atoms with Crippen LogP contribution in [0.5, 0.6) is 0 Å². The number of nitrogens with one attached hydrogen (secondary N) is 1. The predicted molar refractivity (Wildman–Crippen MR) is 66.4 cm³/mol. The highest BCUT2D eigenvalue weighted by molar-refractivity contribution is 5.78. The van der Waals surface area contributed by atoms with E-state index in [9.17, 15) is 4.79 Å². The summed E-state index contributed by atoms with van der Waals surface area (Å²) in [4.78, 5) is 13.1. The summed E-state index contributed by atoms with van der Waals surface area (Å²) in [5.74, 6) is 0.112. The number of amides is 1. The molecule has 1 heterocycles. The van der Waals surface area contributed by atoms with Crippen molar-refractivity contribution in [2.24, 2.45) is 0 Å². The lowest BCUT2D eigenvalue weighted by molar-refractivity contribution is -0.127. The van der Waals surface area contributed by atoms with Crippen LogP contribution in [0.25, 0.3) is 11.1 Å². The number of benzene rings is 1. The normalized spacial score (nSPS) is 10.2. The lowest BCUT2D eigenvalue weighted by atomic mass is 10.1. The molecule has 1 N–H and O–H groups in total. The standard InChI is InChI=1S/C13H15N3O/c1-16(2)13(17)7-10-3-5-11(6-4-10)12-8-14-15-9-12/h3-6,8-9H,7H2,1-2H3,(H,14,15). The molecule has 0 radical (unpaired) electrons. The molecule has 1 aromatic carbocycles. The summed E-state index contributed by atoms with van der Waals surface area (Å²) in [6.45, 7) is 0. The summed E-state index contributed by atoms with van der Waals surface area (Å²) in [7, 11) is 3.53. The molecule has 0 unspecified atom stereocenters. The number of carbonyl (C=O) groups is 1. The molecule has 17 heavy (non-hydrogen) atoms. The van der Waals surface area contributed by atoms with Crippen molar-refractivity contribution in [3.63, 3.8) is 0 Å². The summed E-state index contributed by atoms with van der Waals surface area (Å²) in [5, 5.41) is 6.69. The van der Waals surface area contributed by atoms with Gasteiger partial charge in [0.2, 0.25) is 5.91 Å². The van der Waals surface area contributed by atoms with Crippen molar-refractivity contribution in [1.82, 2.24) is 15.1 Å². The Kier molecular flexibility index (Phi) is 3.23. The van der Waals surface area contributed by atoms with Gasteiger partial charge in [-0.05, 0) is 11.1 Å². The van der Waals surface area contributed by atoms with E-state index in [1.165, 1.54) is 0 Å². The van der Waals surface area contributed by atoms with E-state index >= 15 is 0 Å². The van der Waals surface area contributed by atoms with Gasteiger partial charge < -0.3 is 4.90 Å². The summed E-state index contributed by atoms with van der Waals surface area (Å²) < 4.78 is 0.